The molecule has 0 aliphatic carbocycles. The number of pyridine rings is 1. The van der Waals surface area contributed by atoms with Crippen molar-refractivity contribution < 1.29 is 14.3 Å². The number of nitrogens with zero attached hydrogens (tertiary/aromatic N) is 2. The van der Waals surface area contributed by atoms with Gasteiger partial charge in [0, 0.05) is 23.5 Å². The van der Waals surface area contributed by atoms with Gasteiger partial charge in [-0.15, -0.1) is 0 Å². The Balaban J connectivity index is 1.99. The Morgan fingerprint density at radius 1 is 1.22 bits per heavy atom. The lowest BCUT2D eigenvalue weighted by Crippen LogP contribution is -2.05. The number of carbonyl (C=O) groups is 1. The smallest absolute Gasteiger partial charge is 0.363 e. The quantitative estimate of drug-likeness (QED) is 0.643. The van der Waals surface area contributed by atoms with Crippen LogP contribution < -0.4 is 4.74 Å². The van der Waals surface area contributed by atoms with Crippen LogP contribution in [0.4, 0.5) is 0 Å². The van der Waals surface area contributed by atoms with Crippen molar-refractivity contribution in [2.45, 2.75) is 13.3 Å². The highest BCUT2D eigenvalue weighted by atomic mass is 16.6. The van der Waals surface area contributed by atoms with E-state index in [4.69, 9.17) is 9.47 Å². The van der Waals surface area contributed by atoms with Gasteiger partial charge in [0.25, 0.3) is 0 Å². The molecule has 0 fully saturated rings. The second kappa shape index (κ2) is 6.44. The van der Waals surface area contributed by atoms with Crippen LogP contribution in [-0.4, -0.2) is 24.0 Å². The SMILES string of the molecule is CCc1ccc(OC)c(/C=C2/N=C(c3ccncc3)OC2=O)c1. The van der Waals surface area contributed by atoms with E-state index in [2.05, 4.69) is 16.9 Å². The molecular weight excluding hydrogens is 292 g/mol. The van der Waals surface area contributed by atoms with Gasteiger partial charge in [-0.2, -0.15) is 0 Å². The van der Waals surface area contributed by atoms with E-state index in [-0.39, 0.29) is 11.6 Å². The van der Waals surface area contributed by atoms with E-state index in [1.54, 1.807) is 37.7 Å². The molecular formula is C18H16N2O3. The third kappa shape index (κ3) is 3.13. The number of aromatic nitrogens is 1. The van der Waals surface area contributed by atoms with Crippen LogP contribution in [0, 0.1) is 0 Å². The van der Waals surface area contributed by atoms with Gasteiger partial charge in [0.15, 0.2) is 5.70 Å². The fourth-order valence-electron chi connectivity index (χ4n) is 2.29. The molecule has 0 bridgehead atoms. The zero-order valence-corrected chi connectivity index (χ0v) is 12.9. The predicted octanol–water partition coefficient (Wildman–Crippen LogP) is 3.00. The van der Waals surface area contributed by atoms with Crippen molar-refractivity contribution in [2.24, 2.45) is 4.99 Å². The first kappa shape index (κ1) is 15.0. The minimum Gasteiger partial charge on any atom is -0.496 e. The Bertz CT molecular complexity index is 795. The molecule has 0 atom stereocenters. The number of cyclic esters (lactones) is 1. The summed E-state index contributed by atoms with van der Waals surface area (Å²) in [6.07, 6.45) is 5.84. The maximum absolute atomic E-state index is 12.1. The molecule has 0 saturated carbocycles. The lowest BCUT2D eigenvalue weighted by molar-refractivity contribution is -0.129. The van der Waals surface area contributed by atoms with E-state index in [1.807, 2.05) is 18.2 Å². The van der Waals surface area contributed by atoms with Crippen molar-refractivity contribution in [1.82, 2.24) is 4.98 Å². The molecule has 2 heterocycles. The number of methoxy groups -OCH3 is 1. The molecule has 0 saturated heterocycles. The lowest BCUT2D eigenvalue weighted by atomic mass is 10.1. The summed E-state index contributed by atoms with van der Waals surface area (Å²) < 4.78 is 10.6. The fourth-order valence-corrected chi connectivity index (χ4v) is 2.29. The van der Waals surface area contributed by atoms with Crippen LogP contribution in [0.15, 0.2) is 53.4 Å². The summed E-state index contributed by atoms with van der Waals surface area (Å²) in [5.41, 5.74) is 2.93. The Morgan fingerprint density at radius 3 is 2.70 bits per heavy atom. The zero-order valence-electron chi connectivity index (χ0n) is 12.9. The molecule has 1 aromatic carbocycles. The molecule has 5 heteroatoms. The van der Waals surface area contributed by atoms with Gasteiger partial charge in [0.1, 0.15) is 5.75 Å². The van der Waals surface area contributed by atoms with Crippen molar-refractivity contribution in [3.63, 3.8) is 0 Å². The normalized spacial score (nSPS) is 15.5. The maximum Gasteiger partial charge on any atom is 0.363 e. The molecule has 1 aliphatic heterocycles. The summed E-state index contributed by atoms with van der Waals surface area (Å²) in [6, 6.07) is 9.36. The molecule has 0 spiro atoms. The number of esters is 1. The monoisotopic (exact) mass is 308 g/mol. The highest BCUT2D eigenvalue weighted by Gasteiger charge is 2.24. The molecule has 3 rings (SSSR count). The van der Waals surface area contributed by atoms with E-state index in [1.165, 1.54) is 0 Å². The minimum absolute atomic E-state index is 0.253. The molecule has 0 radical (unpaired) electrons. The topological polar surface area (TPSA) is 60.8 Å². The number of rotatable bonds is 4. The Labute approximate surface area is 134 Å². The van der Waals surface area contributed by atoms with Crippen LogP contribution in [0.1, 0.15) is 23.6 Å². The zero-order chi connectivity index (χ0) is 16.2. The summed E-state index contributed by atoms with van der Waals surface area (Å²) in [4.78, 5) is 20.3. The van der Waals surface area contributed by atoms with Crippen LogP contribution in [-0.2, 0) is 16.0 Å². The Kier molecular flexibility index (Phi) is 4.19. The lowest BCUT2D eigenvalue weighted by Gasteiger charge is -2.06. The van der Waals surface area contributed by atoms with E-state index in [0.29, 0.717) is 11.3 Å². The first-order valence-corrected chi connectivity index (χ1v) is 7.31. The van der Waals surface area contributed by atoms with E-state index >= 15 is 0 Å². The Morgan fingerprint density at radius 2 is 2.00 bits per heavy atom. The first-order chi connectivity index (χ1) is 11.2. The van der Waals surface area contributed by atoms with E-state index in [9.17, 15) is 4.79 Å². The molecule has 2 aromatic rings. The molecule has 1 aromatic heterocycles. The van der Waals surface area contributed by atoms with Crippen LogP contribution in [0.3, 0.4) is 0 Å². The van der Waals surface area contributed by atoms with Crippen LogP contribution in [0.25, 0.3) is 6.08 Å². The standard InChI is InChI=1S/C18H16N2O3/c1-3-12-4-5-16(22-2)14(10-12)11-15-18(21)23-17(20-15)13-6-8-19-9-7-13/h4-11H,3H2,1-2H3/b15-11+. The van der Waals surface area contributed by atoms with Crippen LogP contribution >= 0.6 is 0 Å². The highest BCUT2D eigenvalue weighted by molar-refractivity contribution is 6.12. The van der Waals surface area contributed by atoms with Gasteiger partial charge in [-0.3, -0.25) is 4.98 Å². The van der Waals surface area contributed by atoms with Gasteiger partial charge < -0.3 is 9.47 Å². The molecule has 1 aliphatic rings. The van der Waals surface area contributed by atoms with Crippen molar-refractivity contribution in [3.05, 3.63) is 65.1 Å². The van der Waals surface area contributed by atoms with Gasteiger partial charge in [-0.1, -0.05) is 13.0 Å². The van der Waals surface area contributed by atoms with Gasteiger partial charge in [0.05, 0.1) is 7.11 Å². The molecule has 0 N–H and O–H groups in total. The van der Waals surface area contributed by atoms with Crippen molar-refractivity contribution >= 4 is 17.9 Å². The molecule has 23 heavy (non-hydrogen) atoms. The third-order valence-electron chi connectivity index (χ3n) is 3.54. The van der Waals surface area contributed by atoms with Gasteiger partial charge >= 0.3 is 5.97 Å². The number of benzene rings is 1. The molecule has 0 amide bonds. The Hall–Kier alpha value is -2.95. The van der Waals surface area contributed by atoms with Gasteiger partial charge in [-0.25, -0.2) is 9.79 Å². The number of carbonyl (C=O) groups excluding carboxylic acids is 1. The minimum atomic E-state index is -0.472. The summed E-state index contributed by atoms with van der Waals surface area (Å²) in [5, 5.41) is 0. The summed E-state index contributed by atoms with van der Waals surface area (Å²) in [7, 11) is 1.60. The predicted molar refractivity (Wildman–Crippen MR) is 87.2 cm³/mol. The van der Waals surface area contributed by atoms with Crippen molar-refractivity contribution in [2.75, 3.05) is 7.11 Å². The molecule has 5 nitrogen and oxygen atoms in total. The fraction of sp³-hybridized carbons (Fsp3) is 0.167. The maximum atomic E-state index is 12.1. The number of hydrogen-bond acceptors (Lipinski definition) is 5. The second-order valence-corrected chi connectivity index (χ2v) is 5.00. The first-order valence-electron chi connectivity index (χ1n) is 7.31. The average Bonchev–Trinajstić information content (AvgIpc) is 2.96. The molecule has 116 valence electrons. The number of aryl methyl sites for hydroxylation is 1. The largest absolute Gasteiger partial charge is 0.496 e. The average molecular weight is 308 g/mol. The molecule has 0 unspecified atom stereocenters. The van der Waals surface area contributed by atoms with E-state index < -0.39 is 5.97 Å². The summed E-state index contributed by atoms with van der Waals surface area (Å²) >= 11 is 0. The third-order valence-corrected chi connectivity index (χ3v) is 3.54. The summed E-state index contributed by atoms with van der Waals surface area (Å²) in [6.45, 7) is 2.07. The van der Waals surface area contributed by atoms with Gasteiger partial charge in [-0.05, 0) is 42.3 Å². The summed E-state index contributed by atoms with van der Waals surface area (Å²) in [5.74, 6) is 0.505. The van der Waals surface area contributed by atoms with Crippen molar-refractivity contribution in [3.8, 4) is 5.75 Å². The van der Waals surface area contributed by atoms with Crippen molar-refractivity contribution in [1.29, 1.82) is 0 Å². The number of aliphatic imine (C=N–C) groups is 1. The highest BCUT2D eigenvalue weighted by Crippen LogP contribution is 2.25. The van der Waals surface area contributed by atoms with Gasteiger partial charge in [0.2, 0.25) is 5.90 Å². The number of hydrogen-bond donors (Lipinski definition) is 0. The van der Waals surface area contributed by atoms with Crippen LogP contribution in [0.5, 0.6) is 5.75 Å². The number of ether oxygens (including phenoxy) is 2. The van der Waals surface area contributed by atoms with E-state index in [0.717, 1.165) is 17.5 Å². The second-order valence-electron chi connectivity index (χ2n) is 5.00. The van der Waals surface area contributed by atoms with Crippen LogP contribution in [0.2, 0.25) is 0 Å².